The number of amides is 2. The predicted molar refractivity (Wildman–Crippen MR) is 63.6 cm³/mol. The van der Waals surface area contributed by atoms with E-state index in [0.29, 0.717) is 19.5 Å². The first-order valence-corrected chi connectivity index (χ1v) is 6.02. The third-order valence-electron chi connectivity index (χ3n) is 2.99. The van der Waals surface area contributed by atoms with E-state index in [-0.39, 0.29) is 24.5 Å². The Balaban J connectivity index is 2.26. The first-order chi connectivity index (χ1) is 7.99. The molecule has 1 unspecified atom stereocenters. The fourth-order valence-corrected chi connectivity index (χ4v) is 1.82. The van der Waals surface area contributed by atoms with Gasteiger partial charge in [0.1, 0.15) is 0 Å². The Bertz CT molecular complexity index is 275. The number of urea groups is 1. The van der Waals surface area contributed by atoms with Crippen molar-refractivity contribution in [2.24, 2.45) is 5.73 Å². The Hall–Kier alpha value is -1.30. The zero-order valence-electron chi connectivity index (χ0n) is 10.2. The molecule has 0 spiro atoms. The zero-order valence-corrected chi connectivity index (χ0v) is 10.2. The maximum Gasteiger partial charge on any atom is 0.317 e. The molecule has 1 aliphatic rings. The minimum absolute atomic E-state index is 0.0757. The van der Waals surface area contributed by atoms with E-state index < -0.39 is 5.97 Å². The SMILES string of the molecule is CC(CCC(=O)O)NC(=O)N1CCC(N)CC1. The first kappa shape index (κ1) is 13.8. The van der Waals surface area contributed by atoms with Gasteiger partial charge in [-0.1, -0.05) is 0 Å². The lowest BCUT2D eigenvalue weighted by atomic mass is 10.1. The number of carbonyl (C=O) groups is 2. The monoisotopic (exact) mass is 243 g/mol. The van der Waals surface area contributed by atoms with Crippen molar-refractivity contribution >= 4 is 12.0 Å². The van der Waals surface area contributed by atoms with E-state index >= 15 is 0 Å². The number of nitrogens with zero attached hydrogens (tertiary/aromatic N) is 1. The van der Waals surface area contributed by atoms with E-state index in [1.54, 1.807) is 4.90 Å². The fraction of sp³-hybridized carbons (Fsp3) is 0.818. The maximum atomic E-state index is 11.8. The van der Waals surface area contributed by atoms with Crippen LogP contribution < -0.4 is 11.1 Å². The summed E-state index contributed by atoms with van der Waals surface area (Å²) < 4.78 is 0. The minimum Gasteiger partial charge on any atom is -0.481 e. The number of carboxylic acids is 1. The summed E-state index contributed by atoms with van der Waals surface area (Å²) >= 11 is 0. The van der Waals surface area contributed by atoms with Crippen LogP contribution in [0.5, 0.6) is 0 Å². The lowest BCUT2D eigenvalue weighted by Crippen LogP contribution is -2.49. The summed E-state index contributed by atoms with van der Waals surface area (Å²) in [7, 11) is 0. The summed E-state index contributed by atoms with van der Waals surface area (Å²) in [4.78, 5) is 23.9. The van der Waals surface area contributed by atoms with E-state index in [9.17, 15) is 9.59 Å². The highest BCUT2D eigenvalue weighted by molar-refractivity contribution is 5.74. The first-order valence-electron chi connectivity index (χ1n) is 6.02. The van der Waals surface area contributed by atoms with E-state index in [0.717, 1.165) is 12.8 Å². The number of carbonyl (C=O) groups excluding carboxylic acids is 1. The predicted octanol–water partition coefficient (Wildman–Crippen LogP) is 0.372. The van der Waals surface area contributed by atoms with Gasteiger partial charge in [0, 0.05) is 31.6 Å². The van der Waals surface area contributed by atoms with Crippen LogP contribution in [0.15, 0.2) is 0 Å². The van der Waals surface area contributed by atoms with Gasteiger partial charge >= 0.3 is 12.0 Å². The van der Waals surface area contributed by atoms with Gasteiger partial charge in [0.2, 0.25) is 0 Å². The highest BCUT2D eigenvalue weighted by atomic mass is 16.4. The molecule has 0 bridgehead atoms. The standard InChI is InChI=1S/C11H21N3O3/c1-8(2-3-10(15)16)13-11(17)14-6-4-9(12)5-7-14/h8-9H,2-7,12H2,1H3,(H,13,17)(H,15,16). The van der Waals surface area contributed by atoms with Gasteiger partial charge in [-0.2, -0.15) is 0 Å². The molecule has 1 saturated heterocycles. The van der Waals surface area contributed by atoms with Crippen molar-refractivity contribution in [3.05, 3.63) is 0 Å². The molecular weight excluding hydrogens is 222 g/mol. The van der Waals surface area contributed by atoms with Gasteiger partial charge < -0.3 is 21.1 Å². The number of piperidine rings is 1. The molecule has 0 saturated carbocycles. The molecule has 1 fully saturated rings. The molecule has 0 aromatic rings. The van der Waals surface area contributed by atoms with Gasteiger partial charge in [0.15, 0.2) is 0 Å². The molecule has 6 nitrogen and oxygen atoms in total. The van der Waals surface area contributed by atoms with Crippen LogP contribution in [-0.2, 0) is 4.79 Å². The molecule has 0 radical (unpaired) electrons. The van der Waals surface area contributed by atoms with Gasteiger partial charge in [0.05, 0.1) is 0 Å². The molecule has 2 amide bonds. The fourth-order valence-electron chi connectivity index (χ4n) is 1.82. The molecule has 6 heteroatoms. The number of carboxylic acid groups (broad SMARTS) is 1. The molecule has 98 valence electrons. The van der Waals surface area contributed by atoms with Crippen molar-refractivity contribution in [2.75, 3.05) is 13.1 Å². The third-order valence-corrected chi connectivity index (χ3v) is 2.99. The van der Waals surface area contributed by atoms with E-state index in [2.05, 4.69) is 5.32 Å². The Labute approximate surface area is 101 Å². The number of aliphatic carboxylic acids is 1. The van der Waals surface area contributed by atoms with Gasteiger partial charge in [-0.25, -0.2) is 4.79 Å². The smallest absolute Gasteiger partial charge is 0.317 e. The number of likely N-dealkylation sites (tertiary alicyclic amines) is 1. The summed E-state index contributed by atoms with van der Waals surface area (Å²) in [6, 6.07) is -0.0347. The van der Waals surface area contributed by atoms with Crippen LogP contribution in [0.1, 0.15) is 32.6 Å². The Morgan fingerprint density at radius 1 is 1.47 bits per heavy atom. The topological polar surface area (TPSA) is 95.7 Å². The summed E-state index contributed by atoms with van der Waals surface area (Å²) in [6.45, 7) is 3.17. The second-order valence-electron chi connectivity index (χ2n) is 4.61. The number of hydrogen-bond acceptors (Lipinski definition) is 3. The molecule has 1 aliphatic heterocycles. The number of hydrogen-bond donors (Lipinski definition) is 3. The molecule has 17 heavy (non-hydrogen) atoms. The Morgan fingerprint density at radius 3 is 2.59 bits per heavy atom. The van der Waals surface area contributed by atoms with Gasteiger partial charge in [-0.05, 0) is 26.2 Å². The molecule has 1 atom stereocenters. The molecular formula is C11H21N3O3. The average molecular weight is 243 g/mol. The van der Waals surface area contributed by atoms with Crippen molar-refractivity contribution in [3.8, 4) is 0 Å². The van der Waals surface area contributed by atoms with Gasteiger partial charge in [-0.15, -0.1) is 0 Å². The molecule has 0 aliphatic carbocycles. The van der Waals surface area contributed by atoms with Crippen LogP contribution in [0.2, 0.25) is 0 Å². The normalized spacial score (nSPS) is 18.8. The minimum atomic E-state index is -0.838. The van der Waals surface area contributed by atoms with Crippen LogP contribution in [0.3, 0.4) is 0 Å². The lowest BCUT2D eigenvalue weighted by Gasteiger charge is -2.31. The second kappa shape index (κ2) is 6.44. The number of nitrogens with two attached hydrogens (primary N) is 1. The van der Waals surface area contributed by atoms with E-state index in [4.69, 9.17) is 10.8 Å². The van der Waals surface area contributed by atoms with E-state index in [1.807, 2.05) is 6.92 Å². The summed E-state index contributed by atoms with van der Waals surface area (Å²) in [5, 5.41) is 11.3. The average Bonchev–Trinajstić information content (AvgIpc) is 2.27. The highest BCUT2D eigenvalue weighted by Crippen LogP contribution is 2.08. The third kappa shape index (κ3) is 5.04. The molecule has 1 rings (SSSR count). The van der Waals surface area contributed by atoms with Crippen molar-refractivity contribution in [1.82, 2.24) is 10.2 Å². The van der Waals surface area contributed by atoms with Crippen LogP contribution in [0, 0.1) is 0 Å². The largest absolute Gasteiger partial charge is 0.481 e. The Morgan fingerprint density at radius 2 is 2.06 bits per heavy atom. The second-order valence-corrected chi connectivity index (χ2v) is 4.61. The van der Waals surface area contributed by atoms with E-state index in [1.165, 1.54) is 0 Å². The zero-order chi connectivity index (χ0) is 12.8. The van der Waals surface area contributed by atoms with Crippen LogP contribution >= 0.6 is 0 Å². The highest BCUT2D eigenvalue weighted by Gasteiger charge is 2.21. The van der Waals surface area contributed by atoms with Gasteiger partial charge in [-0.3, -0.25) is 4.79 Å². The van der Waals surface area contributed by atoms with Crippen molar-refractivity contribution in [2.45, 2.75) is 44.7 Å². The van der Waals surface area contributed by atoms with Crippen molar-refractivity contribution < 1.29 is 14.7 Å². The van der Waals surface area contributed by atoms with Crippen LogP contribution in [-0.4, -0.2) is 47.2 Å². The van der Waals surface area contributed by atoms with Crippen LogP contribution in [0.4, 0.5) is 4.79 Å². The number of rotatable bonds is 4. The Kier molecular flexibility index (Phi) is 5.21. The molecule has 1 heterocycles. The van der Waals surface area contributed by atoms with Crippen LogP contribution in [0.25, 0.3) is 0 Å². The number of nitrogens with one attached hydrogen (secondary N) is 1. The van der Waals surface area contributed by atoms with Gasteiger partial charge in [0.25, 0.3) is 0 Å². The summed E-state index contributed by atoms with van der Waals surface area (Å²) in [5.41, 5.74) is 5.76. The molecule has 0 aromatic heterocycles. The molecule has 4 N–H and O–H groups in total. The van der Waals surface area contributed by atoms with Crippen molar-refractivity contribution in [1.29, 1.82) is 0 Å². The quantitative estimate of drug-likeness (QED) is 0.664. The lowest BCUT2D eigenvalue weighted by molar-refractivity contribution is -0.137. The van der Waals surface area contributed by atoms with Crippen molar-refractivity contribution in [3.63, 3.8) is 0 Å². The summed E-state index contributed by atoms with van der Waals surface area (Å²) in [5.74, 6) is -0.838. The summed E-state index contributed by atoms with van der Waals surface area (Å²) in [6.07, 6.45) is 2.19. The molecule has 0 aromatic carbocycles. The maximum absolute atomic E-state index is 11.8.